The molecule has 88 valence electrons. The van der Waals surface area contributed by atoms with E-state index in [0.29, 0.717) is 6.54 Å². The summed E-state index contributed by atoms with van der Waals surface area (Å²) >= 11 is 0. The number of hydrogen-bond donors (Lipinski definition) is 1. The number of aromatic nitrogens is 2. The third-order valence-corrected chi connectivity index (χ3v) is 2.86. The molecule has 0 radical (unpaired) electrons. The van der Waals surface area contributed by atoms with Crippen molar-refractivity contribution >= 4 is 0 Å². The Hall–Kier alpha value is -1.74. The molecule has 2 rings (SSSR count). The molecule has 0 spiro atoms. The smallest absolute Gasteiger partial charge is 0.125 e. The summed E-state index contributed by atoms with van der Waals surface area (Å²) in [6.45, 7) is 4.51. The van der Waals surface area contributed by atoms with Crippen LogP contribution in [0, 0.1) is 6.92 Å². The second-order valence-electron chi connectivity index (χ2n) is 4.17. The van der Waals surface area contributed by atoms with Crippen molar-refractivity contribution in [2.45, 2.75) is 26.3 Å². The van der Waals surface area contributed by atoms with Gasteiger partial charge in [0.05, 0.1) is 11.4 Å². The van der Waals surface area contributed by atoms with Gasteiger partial charge in [-0.3, -0.25) is 0 Å². The van der Waals surface area contributed by atoms with Gasteiger partial charge in [0.15, 0.2) is 0 Å². The second kappa shape index (κ2) is 5.06. The molecule has 2 N–H and O–H groups in total. The minimum absolute atomic E-state index is 0.267. The Kier molecular flexibility index (Phi) is 3.49. The molecular weight excluding hydrogens is 210 g/mol. The van der Waals surface area contributed by atoms with Gasteiger partial charge >= 0.3 is 0 Å². The molecule has 3 nitrogen and oxygen atoms in total. The zero-order valence-corrected chi connectivity index (χ0v) is 10.2. The molecule has 0 aliphatic carbocycles. The molecule has 1 aromatic carbocycles. The average Bonchev–Trinajstić information content (AvgIpc) is 2.38. The second-order valence-corrected chi connectivity index (χ2v) is 4.17. The maximum absolute atomic E-state index is 5.64. The maximum Gasteiger partial charge on any atom is 0.125 e. The fourth-order valence-electron chi connectivity index (χ4n) is 1.89. The van der Waals surface area contributed by atoms with E-state index in [1.807, 2.05) is 31.2 Å². The van der Waals surface area contributed by atoms with E-state index in [1.165, 1.54) is 5.56 Å². The Morgan fingerprint density at radius 2 is 1.88 bits per heavy atom. The van der Waals surface area contributed by atoms with Crippen LogP contribution in [0.3, 0.4) is 0 Å². The summed E-state index contributed by atoms with van der Waals surface area (Å²) in [7, 11) is 0. The molecule has 1 unspecified atom stereocenters. The lowest BCUT2D eigenvalue weighted by Crippen LogP contribution is -2.07. The third-order valence-electron chi connectivity index (χ3n) is 2.86. The zero-order valence-electron chi connectivity index (χ0n) is 10.2. The lowest BCUT2D eigenvalue weighted by Gasteiger charge is -2.12. The fourth-order valence-corrected chi connectivity index (χ4v) is 1.89. The first-order valence-corrected chi connectivity index (χ1v) is 5.80. The molecule has 0 fully saturated rings. The SMILES string of the molecule is Cc1nc(CN)cc(C(C)c2ccccc2)n1. The van der Waals surface area contributed by atoms with Crippen LogP contribution in [0.2, 0.25) is 0 Å². The Balaban J connectivity index is 2.37. The zero-order chi connectivity index (χ0) is 12.3. The molecule has 1 aromatic heterocycles. The quantitative estimate of drug-likeness (QED) is 0.876. The molecule has 0 amide bonds. The molecule has 0 aliphatic rings. The predicted molar refractivity (Wildman–Crippen MR) is 68.6 cm³/mol. The highest BCUT2D eigenvalue weighted by Gasteiger charge is 2.11. The Labute approximate surface area is 102 Å². The fraction of sp³-hybridized carbons (Fsp3) is 0.286. The van der Waals surface area contributed by atoms with Gasteiger partial charge < -0.3 is 5.73 Å². The van der Waals surface area contributed by atoms with Crippen molar-refractivity contribution in [3.05, 3.63) is 59.2 Å². The van der Waals surface area contributed by atoms with Crippen molar-refractivity contribution in [3.63, 3.8) is 0 Å². The van der Waals surface area contributed by atoms with Crippen molar-refractivity contribution < 1.29 is 0 Å². The molecule has 17 heavy (non-hydrogen) atoms. The van der Waals surface area contributed by atoms with Crippen LogP contribution in [0.5, 0.6) is 0 Å². The highest BCUT2D eigenvalue weighted by atomic mass is 14.9. The van der Waals surface area contributed by atoms with Crippen molar-refractivity contribution in [2.24, 2.45) is 5.73 Å². The monoisotopic (exact) mass is 227 g/mol. The number of aryl methyl sites for hydroxylation is 1. The van der Waals surface area contributed by atoms with E-state index >= 15 is 0 Å². The summed E-state index contributed by atoms with van der Waals surface area (Å²) in [5.74, 6) is 1.05. The summed E-state index contributed by atoms with van der Waals surface area (Å²) in [5.41, 5.74) is 8.82. The van der Waals surface area contributed by atoms with Gasteiger partial charge in [0.2, 0.25) is 0 Å². The normalized spacial score (nSPS) is 12.4. The van der Waals surface area contributed by atoms with E-state index in [0.717, 1.165) is 17.2 Å². The van der Waals surface area contributed by atoms with Crippen molar-refractivity contribution in [1.82, 2.24) is 9.97 Å². The average molecular weight is 227 g/mol. The van der Waals surface area contributed by atoms with Crippen molar-refractivity contribution in [3.8, 4) is 0 Å². The van der Waals surface area contributed by atoms with Crippen LogP contribution in [0.25, 0.3) is 0 Å². The first kappa shape index (κ1) is 11.7. The van der Waals surface area contributed by atoms with E-state index in [4.69, 9.17) is 5.73 Å². The lowest BCUT2D eigenvalue weighted by atomic mass is 9.97. The Morgan fingerprint density at radius 1 is 1.18 bits per heavy atom. The summed E-state index contributed by atoms with van der Waals surface area (Å²) in [5, 5.41) is 0. The predicted octanol–water partition coefficient (Wildman–Crippen LogP) is 2.40. The topological polar surface area (TPSA) is 51.8 Å². The Bertz CT molecular complexity index is 494. The lowest BCUT2D eigenvalue weighted by molar-refractivity contribution is 0.817. The highest BCUT2D eigenvalue weighted by molar-refractivity contribution is 5.28. The number of hydrogen-bond acceptors (Lipinski definition) is 3. The molecule has 0 bridgehead atoms. The largest absolute Gasteiger partial charge is 0.325 e. The standard InChI is InChI=1S/C14H17N3/c1-10(12-6-4-3-5-7-12)14-8-13(9-15)16-11(2)17-14/h3-8,10H,9,15H2,1-2H3. The van der Waals surface area contributed by atoms with Crippen molar-refractivity contribution in [1.29, 1.82) is 0 Å². The van der Waals surface area contributed by atoms with Gasteiger partial charge in [-0.25, -0.2) is 9.97 Å². The van der Waals surface area contributed by atoms with Gasteiger partial charge in [0.25, 0.3) is 0 Å². The molecule has 0 saturated carbocycles. The van der Waals surface area contributed by atoms with Gasteiger partial charge in [-0.05, 0) is 18.6 Å². The summed E-state index contributed by atoms with van der Waals surface area (Å²) in [6.07, 6.45) is 0. The van der Waals surface area contributed by atoms with E-state index in [-0.39, 0.29) is 5.92 Å². The molecule has 3 heteroatoms. The van der Waals surface area contributed by atoms with Crippen molar-refractivity contribution in [2.75, 3.05) is 0 Å². The van der Waals surface area contributed by atoms with Crippen LogP contribution < -0.4 is 5.73 Å². The molecule has 0 saturated heterocycles. The number of benzene rings is 1. The summed E-state index contributed by atoms with van der Waals surface area (Å²) in [4.78, 5) is 8.78. The van der Waals surface area contributed by atoms with Crippen LogP contribution in [0.4, 0.5) is 0 Å². The van der Waals surface area contributed by atoms with E-state index in [1.54, 1.807) is 0 Å². The molecule has 1 atom stereocenters. The van der Waals surface area contributed by atoms with Crippen LogP contribution in [-0.2, 0) is 6.54 Å². The van der Waals surface area contributed by atoms with Crippen LogP contribution in [0.1, 0.15) is 35.6 Å². The van der Waals surface area contributed by atoms with E-state index in [9.17, 15) is 0 Å². The van der Waals surface area contributed by atoms with Gasteiger partial charge in [-0.15, -0.1) is 0 Å². The van der Waals surface area contributed by atoms with Crippen LogP contribution >= 0.6 is 0 Å². The molecule has 0 aliphatic heterocycles. The van der Waals surface area contributed by atoms with Crippen LogP contribution in [-0.4, -0.2) is 9.97 Å². The summed E-state index contributed by atoms with van der Waals surface area (Å²) in [6, 6.07) is 12.3. The van der Waals surface area contributed by atoms with Gasteiger partial charge in [0.1, 0.15) is 5.82 Å². The van der Waals surface area contributed by atoms with Gasteiger partial charge in [0, 0.05) is 12.5 Å². The number of nitrogens with zero attached hydrogens (tertiary/aromatic N) is 2. The molecule has 1 heterocycles. The van der Waals surface area contributed by atoms with Gasteiger partial charge in [-0.2, -0.15) is 0 Å². The minimum atomic E-state index is 0.267. The highest BCUT2D eigenvalue weighted by Crippen LogP contribution is 2.22. The minimum Gasteiger partial charge on any atom is -0.325 e. The number of nitrogens with two attached hydrogens (primary N) is 1. The maximum atomic E-state index is 5.64. The summed E-state index contributed by atoms with van der Waals surface area (Å²) < 4.78 is 0. The van der Waals surface area contributed by atoms with Gasteiger partial charge in [-0.1, -0.05) is 37.3 Å². The first-order valence-electron chi connectivity index (χ1n) is 5.80. The third kappa shape index (κ3) is 2.68. The number of rotatable bonds is 3. The van der Waals surface area contributed by atoms with E-state index in [2.05, 4.69) is 29.0 Å². The molecular formula is C14H17N3. The van der Waals surface area contributed by atoms with Crippen LogP contribution in [0.15, 0.2) is 36.4 Å². The van der Waals surface area contributed by atoms with E-state index < -0.39 is 0 Å². The first-order chi connectivity index (χ1) is 8.20. The molecule has 2 aromatic rings. The Morgan fingerprint density at radius 3 is 2.53 bits per heavy atom.